The van der Waals surface area contributed by atoms with Crippen LogP contribution in [0.4, 0.5) is 0 Å². The molecule has 0 radical (unpaired) electrons. The van der Waals surface area contributed by atoms with Gasteiger partial charge in [-0.3, -0.25) is 4.90 Å². The molecule has 2 unspecified atom stereocenters. The van der Waals surface area contributed by atoms with Crippen LogP contribution < -0.4 is 5.73 Å². The predicted molar refractivity (Wildman–Crippen MR) is 77.7 cm³/mol. The van der Waals surface area contributed by atoms with Gasteiger partial charge in [-0.25, -0.2) is 0 Å². The standard InChI is InChI=1S/C15H31N3/c1-5-13-11-17(4)9-6-10-18(13)15(3,12-16)14(2)7-8-14/h13H,5-12,16H2,1-4H3. The molecular weight excluding hydrogens is 222 g/mol. The van der Waals surface area contributed by atoms with Crippen molar-refractivity contribution in [3.63, 3.8) is 0 Å². The first-order valence-corrected chi connectivity index (χ1v) is 7.62. The van der Waals surface area contributed by atoms with Gasteiger partial charge in [-0.1, -0.05) is 13.8 Å². The molecule has 3 heteroatoms. The highest BCUT2D eigenvalue weighted by Gasteiger charge is 2.56. The lowest BCUT2D eigenvalue weighted by atomic mass is 9.80. The van der Waals surface area contributed by atoms with Gasteiger partial charge >= 0.3 is 0 Å². The van der Waals surface area contributed by atoms with Crippen LogP contribution in [0.3, 0.4) is 0 Å². The second-order valence-electron chi connectivity index (χ2n) is 6.91. The Morgan fingerprint density at radius 2 is 2.00 bits per heavy atom. The number of rotatable bonds is 4. The van der Waals surface area contributed by atoms with Gasteiger partial charge in [0, 0.05) is 31.2 Å². The van der Waals surface area contributed by atoms with Crippen LogP contribution in [-0.2, 0) is 0 Å². The zero-order valence-electron chi connectivity index (χ0n) is 12.7. The van der Waals surface area contributed by atoms with Crippen LogP contribution in [0, 0.1) is 5.41 Å². The fourth-order valence-corrected chi connectivity index (χ4v) is 3.68. The van der Waals surface area contributed by atoms with E-state index in [0.29, 0.717) is 11.5 Å². The van der Waals surface area contributed by atoms with Gasteiger partial charge < -0.3 is 10.6 Å². The van der Waals surface area contributed by atoms with E-state index in [1.54, 1.807) is 0 Å². The average Bonchev–Trinajstić information content (AvgIpc) is 3.13. The second kappa shape index (κ2) is 5.10. The first-order valence-electron chi connectivity index (χ1n) is 7.62. The molecule has 1 aliphatic heterocycles. The van der Waals surface area contributed by atoms with Crippen LogP contribution in [0.1, 0.15) is 46.5 Å². The topological polar surface area (TPSA) is 32.5 Å². The van der Waals surface area contributed by atoms with Crippen LogP contribution in [-0.4, -0.2) is 54.6 Å². The maximum atomic E-state index is 6.21. The lowest BCUT2D eigenvalue weighted by molar-refractivity contribution is 0.0101. The van der Waals surface area contributed by atoms with Gasteiger partial charge in [0.05, 0.1) is 0 Å². The van der Waals surface area contributed by atoms with Gasteiger partial charge in [-0.05, 0) is 51.6 Å². The molecule has 2 atom stereocenters. The Morgan fingerprint density at radius 1 is 1.33 bits per heavy atom. The predicted octanol–water partition coefficient (Wildman–Crippen LogP) is 1.92. The zero-order chi connectivity index (χ0) is 13.4. The highest BCUT2D eigenvalue weighted by Crippen LogP contribution is 2.56. The lowest BCUT2D eigenvalue weighted by Crippen LogP contribution is -2.61. The molecule has 0 spiro atoms. The molecule has 18 heavy (non-hydrogen) atoms. The summed E-state index contributed by atoms with van der Waals surface area (Å²) in [6, 6.07) is 0.670. The van der Waals surface area contributed by atoms with E-state index in [4.69, 9.17) is 5.73 Å². The van der Waals surface area contributed by atoms with Crippen molar-refractivity contribution in [2.24, 2.45) is 11.1 Å². The van der Waals surface area contributed by atoms with E-state index >= 15 is 0 Å². The maximum absolute atomic E-state index is 6.21. The van der Waals surface area contributed by atoms with Crippen molar-refractivity contribution < 1.29 is 0 Å². The first-order chi connectivity index (χ1) is 8.47. The van der Waals surface area contributed by atoms with Gasteiger partial charge in [-0.15, -0.1) is 0 Å². The van der Waals surface area contributed by atoms with E-state index in [1.807, 2.05) is 0 Å². The lowest BCUT2D eigenvalue weighted by Gasteiger charge is -2.49. The third-order valence-corrected chi connectivity index (χ3v) is 5.70. The molecular formula is C15H31N3. The number of hydrogen-bond donors (Lipinski definition) is 1. The summed E-state index contributed by atoms with van der Waals surface area (Å²) in [4.78, 5) is 5.24. The quantitative estimate of drug-likeness (QED) is 0.831. The number of nitrogens with two attached hydrogens (primary N) is 1. The largest absolute Gasteiger partial charge is 0.329 e. The fourth-order valence-electron chi connectivity index (χ4n) is 3.68. The molecule has 1 heterocycles. The Hall–Kier alpha value is -0.120. The minimum atomic E-state index is 0.193. The van der Waals surface area contributed by atoms with Crippen molar-refractivity contribution >= 4 is 0 Å². The van der Waals surface area contributed by atoms with Crippen LogP contribution in [0.2, 0.25) is 0 Å². The summed E-state index contributed by atoms with van der Waals surface area (Å²) in [6.45, 7) is 11.6. The van der Waals surface area contributed by atoms with Gasteiger partial charge in [-0.2, -0.15) is 0 Å². The molecule has 1 aliphatic carbocycles. The van der Waals surface area contributed by atoms with Crippen molar-refractivity contribution in [3.8, 4) is 0 Å². The average molecular weight is 253 g/mol. The minimum absolute atomic E-state index is 0.193. The minimum Gasteiger partial charge on any atom is -0.329 e. The van der Waals surface area contributed by atoms with Crippen LogP contribution >= 0.6 is 0 Å². The van der Waals surface area contributed by atoms with Crippen LogP contribution in [0.25, 0.3) is 0 Å². The number of nitrogens with zero attached hydrogens (tertiary/aromatic N) is 2. The van der Waals surface area contributed by atoms with Crippen LogP contribution in [0.15, 0.2) is 0 Å². The molecule has 2 fully saturated rings. The van der Waals surface area contributed by atoms with E-state index in [0.717, 1.165) is 6.54 Å². The van der Waals surface area contributed by atoms with Crippen LogP contribution in [0.5, 0.6) is 0 Å². The molecule has 0 aromatic heterocycles. The molecule has 0 bridgehead atoms. The monoisotopic (exact) mass is 253 g/mol. The number of likely N-dealkylation sites (N-methyl/N-ethyl adjacent to an activating group) is 1. The molecule has 106 valence electrons. The molecule has 2 rings (SSSR count). The maximum Gasteiger partial charge on any atom is 0.0360 e. The van der Waals surface area contributed by atoms with E-state index in [-0.39, 0.29) is 5.54 Å². The van der Waals surface area contributed by atoms with Gasteiger partial charge in [0.25, 0.3) is 0 Å². The van der Waals surface area contributed by atoms with Gasteiger partial charge in [0.2, 0.25) is 0 Å². The molecule has 2 N–H and O–H groups in total. The fraction of sp³-hybridized carbons (Fsp3) is 1.00. The van der Waals surface area contributed by atoms with E-state index in [9.17, 15) is 0 Å². The van der Waals surface area contributed by atoms with Crippen molar-refractivity contribution in [1.29, 1.82) is 0 Å². The summed E-state index contributed by atoms with van der Waals surface area (Å²) < 4.78 is 0. The summed E-state index contributed by atoms with van der Waals surface area (Å²) in [7, 11) is 2.25. The van der Waals surface area contributed by atoms with Crippen molar-refractivity contribution in [1.82, 2.24) is 9.80 Å². The molecule has 1 saturated carbocycles. The van der Waals surface area contributed by atoms with E-state index < -0.39 is 0 Å². The molecule has 0 aromatic rings. The summed E-state index contributed by atoms with van der Waals surface area (Å²) in [5.41, 5.74) is 6.86. The Kier molecular flexibility index (Phi) is 4.05. The Balaban J connectivity index is 2.22. The Bertz CT molecular complexity index is 287. The van der Waals surface area contributed by atoms with Crippen molar-refractivity contribution in [2.45, 2.75) is 58.0 Å². The Morgan fingerprint density at radius 3 is 2.50 bits per heavy atom. The summed E-state index contributed by atoms with van der Waals surface area (Å²) >= 11 is 0. The van der Waals surface area contributed by atoms with Gasteiger partial charge in [0.15, 0.2) is 0 Å². The van der Waals surface area contributed by atoms with E-state index in [2.05, 4.69) is 37.6 Å². The summed E-state index contributed by atoms with van der Waals surface area (Å²) in [5.74, 6) is 0. The summed E-state index contributed by atoms with van der Waals surface area (Å²) in [5, 5.41) is 0. The zero-order valence-corrected chi connectivity index (χ0v) is 12.7. The summed E-state index contributed by atoms with van der Waals surface area (Å²) in [6.07, 6.45) is 5.21. The highest BCUT2D eigenvalue weighted by atomic mass is 15.3. The molecule has 0 amide bonds. The molecule has 0 aromatic carbocycles. The molecule has 1 saturated heterocycles. The number of hydrogen-bond acceptors (Lipinski definition) is 3. The highest BCUT2D eigenvalue weighted by molar-refractivity contribution is 5.11. The third kappa shape index (κ3) is 2.33. The smallest absolute Gasteiger partial charge is 0.0360 e. The normalized spacial score (nSPS) is 32.8. The molecule has 3 nitrogen and oxygen atoms in total. The first kappa shape index (κ1) is 14.3. The second-order valence-corrected chi connectivity index (χ2v) is 6.91. The van der Waals surface area contributed by atoms with Crippen molar-refractivity contribution in [3.05, 3.63) is 0 Å². The molecule has 2 aliphatic rings. The third-order valence-electron chi connectivity index (χ3n) is 5.70. The van der Waals surface area contributed by atoms with Crippen molar-refractivity contribution in [2.75, 3.05) is 33.2 Å². The SMILES string of the molecule is CCC1CN(C)CCCN1C(C)(CN)C1(C)CC1. The van der Waals surface area contributed by atoms with E-state index in [1.165, 1.54) is 45.3 Å². The Labute approximate surface area is 113 Å². The van der Waals surface area contributed by atoms with Gasteiger partial charge in [0.1, 0.15) is 0 Å².